The Balaban J connectivity index is 1.87. The van der Waals surface area contributed by atoms with Crippen molar-refractivity contribution in [2.45, 2.75) is 38.5 Å². The fourth-order valence-electron chi connectivity index (χ4n) is 2.61. The lowest BCUT2D eigenvalue weighted by Crippen LogP contribution is -2.43. The van der Waals surface area contributed by atoms with E-state index in [-0.39, 0.29) is 5.92 Å². The van der Waals surface area contributed by atoms with E-state index in [4.69, 9.17) is 0 Å². The maximum Gasteiger partial charge on any atom is 0.226 e. The molecule has 3 nitrogen and oxygen atoms in total. The molecule has 1 amide bonds. The summed E-state index contributed by atoms with van der Waals surface area (Å²) in [6.07, 6.45) is 7.24. The molecule has 86 valence electrons. The molecular weight excluding hydrogens is 188 g/mol. The molecule has 2 aliphatic rings. The molecule has 0 unspecified atom stereocenters. The number of hydrogen-bond donors (Lipinski definition) is 1. The molecule has 1 atom stereocenters. The Morgan fingerprint density at radius 2 is 1.80 bits per heavy atom. The normalized spacial score (nSPS) is 28.5. The van der Waals surface area contributed by atoms with Crippen LogP contribution in [0.25, 0.3) is 0 Å². The zero-order valence-corrected chi connectivity index (χ0v) is 9.50. The molecule has 0 aromatic heterocycles. The van der Waals surface area contributed by atoms with Crippen molar-refractivity contribution >= 4 is 5.91 Å². The minimum Gasteiger partial charge on any atom is -0.342 e. The minimum atomic E-state index is 0.261. The third kappa shape index (κ3) is 2.94. The molecule has 1 N–H and O–H groups in total. The number of hydrogen-bond acceptors (Lipinski definition) is 2. The quantitative estimate of drug-likeness (QED) is 0.709. The van der Waals surface area contributed by atoms with E-state index in [1.54, 1.807) is 0 Å². The van der Waals surface area contributed by atoms with Crippen molar-refractivity contribution in [1.82, 2.24) is 10.2 Å². The highest BCUT2D eigenvalue weighted by molar-refractivity contribution is 5.79. The van der Waals surface area contributed by atoms with Gasteiger partial charge in [0.25, 0.3) is 0 Å². The van der Waals surface area contributed by atoms with E-state index < -0.39 is 0 Å². The van der Waals surface area contributed by atoms with Gasteiger partial charge in [-0.15, -0.1) is 0 Å². The molecule has 2 rings (SSSR count). The molecule has 0 aromatic rings. The first-order chi connectivity index (χ1) is 7.38. The van der Waals surface area contributed by atoms with Crippen LogP contribution in [0.2, 0.25) is 0 Å². The van der Waals surface area contributed by atoms with Gasteiger partial charge in [0.15, 0.2) is 0 Å². The molecule has 2 fully saturated rings. The molecule has 0 aromatic carbocycles. The van der Waals surface area contributed by atoms with E-state index in [0.717, 1.165) is 39.0 Å². The molecule has 2 saturated heterocycles. The Morgan fingerprint density at radius 3 is 2.40 bits per heavy atom. The van der Waals surface area contributed by atoms with Gasteiger partial charge in [0.2, 0.25) is 5.91 Å². The average Bonchev–Trinajstić information content (AvgIpc) is 2.58. The highest BCUT2D eigenvalue weighted by Crippen LogP contribution is 2.17. The van der Waals surface area contributed by atoms with Gasteiger partial charge in [-0.3, -0.25) is 4.79 Å². The summed E-state index contributed by atoms with van der Waals surface area (Å²) >= 11 is 0. The van der Waals surface area contributed by atoms with Crippen LogP contribution in [0.4, 0.5) is 0 Å². The molecule has 0 spiro atoms. The summed E-state index contributed by atoms with van der Waals surface area (Å²) in [5.41, 5.74) is 0. The van der Waals surface area contributed by atoms with E-state index in [9.17, 15) is 4.79 Å². The van der Waals surface area contributed by atoms with E-state index in [2.05, 4.69) is 10.2 Å². The smallest absolute Gasteiger partial charge is 0.226 e. The van der Waals surface area contributed by atoms with Crippen LogP contribution in [0.15, 0.2) is 0 Å². The second-order valence-corrected chi connectivity index (χ2v) is 4.78. The lowest BCUT2D eigenvalue weighted by Gasteiger charge is -2.28. The van der Waals surface area contributed by atoms with Crippen LogP contribution in [0.3, 0.4) is 0 Å². The van der Waals surface area contributed by atoms with Crippen molar-refractivity contribution in [2.75, 3.05) is 26.2 Å². The van der Waals surface area contributed by atoms with Gasteiger partial charge >= 0.3 is 0 Å². The number of nitrogens with zero attached hydrogens (tertiary/aromatic N) is 1. The Kier molecular flexibility index (Phi) is 4.01. The summed E-state index contributed by atoms with van der Waals surface area (Å²) in [6.45, 7) is 3.98. The first-order valence-corrected chi connectivity index (χ1v) is 6.37. The summed E-state index contributed by atoms with van der Waals surface area (Å²) in [5.74, 6) is 0.668. The van der Waals surface area contributed by atoms with Crippen LogP contribution in [-0.2, 0) is 4.79 Å². The van der Waals surface area contributed by atoms with Gasteiger partial charge in [-0.1, -0.05) is 12.8 Å². The number of likely N-dealkylation sites (tertiary alicyclic amines) is 1. The predicted molar refractivity (Wildman–Crippen MR) is 60.6 cm³/mol. The maximum absolute atomic E-state index is 12.2. The van der Waals surface area contributed by atoms with E-state index in [0.29, 0.717) is 5.91 Å². The van der Waals surface area contributed by atoms with Gasteiger partial charge in [0.1, 0.15) is 0 Å². The fourth-order valence-corrected chi connectivity index (χ4v) is 2.61. The van der Waals surface area contributed by atoms with E-state index in [1.165, 1.54) is 25.7 Å². The zero-order chi connectivity index (χ0) is 10.5. The first kappa shape index (κ1) is 10.9. The van der Waals surface area contributed by atoms with Crippen molar-refractivity contribution in [3.8, 4) is 0 Å². The Labute approximate surface area is 92.2 Å². The largest absolute Gasteiger partial charge is 0.342 e. The third-order valence-corrected chi connectivity index (χ3v) is 3.56. The third-order valence-electron chi connectivity index (χ3n) is 3.56. The summed E-state index contributed by atoms with van der Waals surface area (Å²) in [4.78, 5) is 14.3. The van der Waals surface area contributed by atoms with Crippen LogP contribution in [0.5, 0.6) is 0 Å². The highest BCUT2D eigenvalue weighted by Gasteiger charge is 2.25. The fraction of sp³-hybridized carbons (Fsp3) is 0.917. The van der Waals surface area contributed by atoms with Crippen molar-refractivity contribution < 1.29 is 4.79 Å². The van der Waals surface area contributed by atoms with Gasteiger partial charge < -0.3 is 10.2 Å². The van der Waals surface area contributed by atoms with Crippen LogP contribution < -0.4 is 5.32 Å². The summed E-state index contributed by atoms with van der Waals surface area (Å²) in [7, 11) is 0. The lowest BCUT2D eigenvalue weighted by molar-refractivity contribution is -0.136. The summed E-state index contributed by atoms with van der Waals surface area (Å²) in [5, 5.41) is 3.32. The minimum absolute atomic E-state index is 0.261. The predicted octanol–water partition coefficient (Wildman–Crippen LogP) is 1.39. The second-order valence-electron chi connectivity index (χ2n) is 4.78. The Hall–Kier alpha value is -0.570. The molecule has 2 heterocycles. The van der Waals surface area contributed by atoms with Crippen molar-refractivity contribution in [3.63, 3.8) is 0 Å². The zero-order valence-electron chi connectivity index (χ0n) is 9.50. The average molecular weight is 210 g/mol. The number of carbonyl (C=O) groups excluding carboxylic acids is 1. The molecule has 0 radical (unpaired) electrons. The van der Waals surface area contributed by atoms with Crippen molar-refractivity contribution in [2.24, 2.45) is 5.92 Å². The van der Waals surface area contributed by atoms with Gasteiger partial charge in [0.05, 0.1) is 5.92 Å². The standard InChI is InChI=1S/C12H22N2O/c15-12(11-6-5-7-13-10-11)14-8-3-1-2-4-9-14/h11,13H,1-10H2/t11-/m1/s1. The molecule has 3 heteroatoms. The van der Waals surface area contributed by atoms with E-state index in [1.807, 2.05) is 0 Å². The molecular formula is C12H22N2O. The summed E-state index contributed by atoms with van der Waals surface area (Å²) in [6, 6.07) is 0. The number of carbonyl (C=O) groups is 1. The number of piperidine rings is 1. The SMILES string of the molecule is O=C([C@@H]1CCCNC1)N1CCCCCC1. The topological polar surface area (TPSA) is 32.3 Å². The van der Waals surface area contributed by atoms with Crippen LogP contribution in [0, 0.1) is 5.92 Å². The Bertz CT molecular complexity index is 204. The monoisotopic (exact) mass is 210 g/mol. The second kappa shape index (κ2) is 5.50. The Morgan fingerprint density at radius 1 is 1.07 bits per heavy atom. The van der Waals surface area contributed by atoms with Crippen molar-refractivity contribution in [3.05, 3.63) is 0 Å². The lowest BCUT2D eigenvalue weighted by atomic mass is 9.98. The van der Waals surface area contributed by atoms with Gasteiger partial charge in [0, 0.05) is 19.6 Å². The number of amides is 1. The number of nitrogens with one attached hydrogen (secondary N) is 1. The highest BCUT2D eigenvalue weighted by atomic mass is 16.2. The summed E-state index contributed by atoms with van der Waals surface area (Å²) < 4.78 is 0. The van der Waals surface area contributed by atoms with Crippen LogP contribution in [-0.4, -0.2) is 37.0 Å². The van der Waals surface area contributed by atoms with Crippen LogP contribution >= 0.6 is 0 Å². The van der Waals surface area contributed by atoms with Gasteiger partial charge in [-0.25, -0.2) is 0 Å². The van der Waals surface area contributed by atoms with Crippen LogP contribution in [0.1, 0.15) is 38.5 Å². The molecule has 0 bridgehead atoms. The first-order valence-electron chi connectivity index (χ1n) is 6.37. The van der Waals surface area contributed by atoms with Gasteiger partial charge in [-0.2, -0.15) is 0 Å². The van der Waals surface area contributed by atoms with Crippen molar-refractivity contribution in [1.29, 1.82) is 0 Å². The number of rotatable bonds is 1. The van der Waals surface area contributed by atoms with Gasteiger partial charge in [-0.05, 0) is 32.2 Å². The molecule has 0 aliphatic carbocycles. The molecule has 0 saturated carbocycles. The molecule has 15 heavy (non-hydrogen) atoms. The van der Waals surface area contributed by atoms with E-state index >= 15 is 0 Å². The molecule has 2 aliphatic heterocycles. The maximum atomic E-state index is 12.2.